The third kappa shape index (κ3) is 3.77. The fraction of sp³-hybridized carbons (Fsp3) is 0.882. The highest BCUT2D eigenvalue weighted by Crippen LogP contribution is 2.30. The Morgan fingerprint density at radius 3 is 2.88 bits per heavy atom. The summed E-state index contributed by atoms with van der Waals surface area (Å²) in [5, 5.41) is 14.5. The smallest absolute Gasteiger partial charge is 0.245 e. The van der Waals surface area contributed by atoms with Gasteiger partial charge in [0.1, 0.15) is 12.4 Å². The summed E-state index contributed by atoms with van der Waals surface area (Å²) in [6.45, 7) is 7.41. The number of amides is 1. The topological polar surface area (TPSA) is 75.9 Å². The number of carbonyl (C=O) groups excluding carboxylic acids is 1. The molecule has 0 saturated carbocycles. The summed E-state index contributed by atoms with van der Waals surface area (Å²) < 4.78 is 1.59. The predicted molar refractivity (Wildman–Crippen MR) is 91.3 cm³/mol. The summed E-state index contributed by atoms with van der Waals surface area (Å²) in [4.78, 5) is 15.4. The molecule has 3 heterocycles. The Morgan fingerprint density at radius 2 is 2.12 bits per heavy atom. The highest BCUT2D eigenvalue weighted by molar-refractivity contribution is 5.80. The van der Waals surface area contributed by atoms with E-state index in [1.807, 2.05) is 0 Å². The number of aromatic nitrogens is 4. The van der Waals surface area contributed by atoms with Crippen molar-refractivity contribution in [1.82, 2.24) is 30.4 Å². The van der Waals surface area contributed by atoms with Crippen LogP contribution in [-0.2, 0) is 4.79 Å². The van der Waals surface area contributed by atoms with Crippen molar-refractivity contribution in [1.29, 1.82) is 0 Å². The molecule has 1 aromatic rings. The average molecular weight is 334 g/mol. The van der Waals surface area contributed by atoms with Crippen molar-refractivity contribution in [3.8, 4) is 0 Å². The van der Waals surface area contributed by atoms with E-state index in [-0.39, 0.29) is 17.9 Å². The number of rotatable bonds is 6. The van der Waals surface area contributed by atoms with E-state index in [2.05, 4.69) is 39.6 Å². The van der Waals surface area contributed by atoms with Crippen molar-refractivity contribution >= 4 is 5.91 Å². The lowest BCUT2D eigenvalue weighted by Crippen LogP contribution is -2.51. The zero-order valence-corrected chi connectivity index (χ0v) is 14.9. The van der Waals surface area contributed by atoms with Crippen LogP contribution in [0.4, 0.5) is 0 Å². The second kappa shape index (κ2) is 8.05. The van der Waals surface area contributed by atoms with Gasteiger partial charge >= 0.3 is 0 Å². The maximum absolute atomic E-state index is 12.8. The fourth-order valence-electron chi connectivity index (χ4n) is 4.31. The van der Waals surface area contributed by atoms with Crippen LogP contribution in [0.3, 0.4) is 0 Å². The lowest BCUT2D eigenvalue weighted by atomic mass is 9.83. The number of nitrogens with one attached hydrogen (secondary N) is 1. The predicted octanol–water partition coefficient (Wildman–Crippen LogP) is 1.64. The quantitative estimate of drug-likeness (QED) is 0.856. The molecule has 2 saturated heterocycles. The van der Waals surface area contributed by atoms with E-state index >= 15 is 0 Å². The lowest BCUT2D eigenvalue weighted by Gasteiger charge is -2.44. The average Bonchev–Trinajstić information content (AvgIpc) is 3.14. The number of tetrazole rings is 1. The minimum absolute atomic E-state index is 0.0459. The second-order valence-electron chi connectivity index (χ2n) is 7.37. The maximum Gasteiger partial charge on any atom is 0.245 e. The van der Waals surface area contributed by atoms with Crippen LogP contribution in [0.1, 0.15) is 58.4 Å². The third-order valence-corrected chi connectivity index (χ3v) is 5.87. The molecule has 7 nitrogen and oxygen atoms in total. The molecule has 2 aliphatic rings. The largest absolute Gasteiger partial charge is 0.354 e. The molecule has 0 spiro atoms. The summed E-state index contributed by atoms with van der Waals surface area (Å²) in [6.07, 6.45) is 8.86. The van der Waals surface area contributed by atoms with Gasteiger partial charge in [-0.15, -0.1) is 5.10 Å². The van der Waals surface area contributed by atoms with Crippen LogP contribution in [0.25, 0.3) is 0 Å². The van der Waals surface area contributed by atoms with Crippen LogP contribution in [-0.4, -0.2) is 56.7 Å². The van der Waals surface area contributed by atoms with Gasteiger partial charge in [0.15, 0.2) is 0 Å². The van der Waals surface area contributed by atoms with Gasteiger partial charge in [0.2, 0.25) is 5.91 Å². The molecule has 1 amide bonds. The van der Waals surface area contributed by atoms with Crippen molar-refractivity contribution in [3.05, 3.63) is 6.33 Å². The monoisotopic (exact) mass is 334 g/mol. The van der Waals surface area contributed by atoms with Crippen LogP contribution in [0, 0.1) is 11.8 Å². The van der Waals surface area contributed by atoms with Gasteiger partial charge in [-0.1, -0.05) is 26.7 Å². The standard InChI is InChI=1S/C17H30N6O/c1-3-13(2)16(23-12-19-20-21-23)17(24)18-11-14-7-6-10-22-9-5-4-8-15(14)22/h12-16H,3-11H2,1-2H3,(H,18,24)/t13-,14-,15+,16-/m0/s1. The van der Waals surface area contributed by atoms with Gasteiger partial charge in [0, 0.05) is 12.6 Å². The minimum Gasteiger partial charge on any atom is -0.354 e. The first-order valence-corrected chi connectivity index (χ1v) is 9.45. The van der Waals surface area contributed by atoms with Crippen molar-refractivity contribution in [3.63, 3.8) is 0 Å². The zero-order chi connectivity index (χ0) is 16.9. The first-order chi connectivity index (χ1) is 11.7. The molecule has 134 valence electrons. The van der Waals surface area contributed by atoms with Crippen LogP contribution < -0.4 is 5.32 Å². The van der Waals surface area contributed by atoms with Gasteiger partial charge in [-0.25, -0.2) is 4.68 Å². The van der Waals surface area contributed by atoms with Crippen LogP contribution >= 0.6 is 0 Å². The SMILES string of the molecule is CC[C@H](C)[C@@H](C(=O)NC[C@@H]1CCCN2CCCC[C@H]12)n1cnnn1. The number of hydrogen-bond donors (Lipinski definition) is 1. The van der Waals surface area contributed by atoms with Gasteiger partial charge in [-0.05, 0) is 61.0 Å². The van der Waals surface area contributed by atoms with E-state index in [1.54, 1.807) is 11.0 Å². The molecular weight excluding hydrogens is 304 g/mol. The van der Waals surface area contributed by atoms with Gasteiger partial charge < -0.3 is 10.2 Å². The van der Waals surface area contributed by atoms with E-state index in [1.165, 1.54) is 45.2 Å². The highest BCUT2D eigenvalue weighted by Gasteiger charge is 2.34. The third-order valence-electron chi connectivity index (χ3n) is 5.87. The van der Waals surface area contributed by atoms with Crippen molar-refractivity contribution < 1.29 is 4.79 Å². The van der Waals surface area contributed by atoms with Gasteiger partial charge in [-0.3, -0.25) is 4.79 Å². The van der Waals surface area contributed by atoms with Crippen LogP contribution in [0.5, 0.6) is 0 Å². The Hall–Kier alpha value is -1.50. The normalized spacial score (nSPS) is 27.2. The molecule has 1 aromatic heterocycles. The number of hydrogen-bond acceptors (Lipinski definition) is 5. The zero-order valence-electron chi connectivity index (χ0n) is 14.9. The Labute approximate surface area is 144 Å². The van der Waals surface area contributed by atoms with Crippen molar-refractivity contribution in [2.75, 3.05) is 19.6 Å². The lowest BCUT2D eigenvalue weighted by molar-refractivity contribution is -0.126. The number of fused-ring (bicyclic) bond motifs is 1. The summed E-state index contributed by atoms with van der Waals surface area (Å²) in [5.41, 5.74) is 0. The summed E-state index contributed by atoms with van der Waals surface area (Å²) >= 11 is 0. The number of nitrogens with zero attached hydrogens (tertiary/aromatic N) is 5. The van der Waals surface area contributed by atoms with E-state index < -0.39 is 0 Å². The Kier molecular flexibility index (Phi) is 5.81. The second-order valence-corrected chi connectivity index (χ2v) is 7.37. The number of piperidine rings is 2. The number of carbonyl (C=O) groups is 1. The minimum atomic E-state index is -0.323. The van der Waals surface area contributed by atoms with Crippen molar-refractivity contribution in [2.45, 2.75) is 64.5 Å². The van der Waals surface area contributed by atoms with Crippen LogP contribution in [0.15, 0.2) is 6.33 Å². The Morgan fingerprint density at radius 1 is 1.29 bits per heavy atom. The Bertz CT molecular complexity index is 517. The summed E-state index contributed by atoms with van der Waals surface area (Å²) in [5.74, 6) is 0.824. The van der Waals surface area contributed by atoms with Gasteiger partial charge in [-0.2, -0.15) is 0 Å². The molecule has 0 unspecified atom stereocenters. The van der Waals surface area contributed by atoms with E-state index in [0.29, 0.717) is 12.0 Å². The molecule has 0 radical (unpaired) electrons. The molecule has 2 fully saturated rings. The van der Waals surface area contributed by atoms with Crippen molar-refractivity contribution in [2.24, 2.45) is 11.8 Å². The molecular formula is C17H30N6O. The molecule has 0 bridgehead atoms. The molecule has 1 N–H and O–H groups in total. The van der Waals surface area contributed by atoms with E-state index in [9.17, 15) is 4.79 Å². The highest BCUT2D eigenvalue weighted by atomic mass is 16.2. The Balaban J connectivity index is 1.60. The molecule has 4 atom stereocenters. The summed E-state index contributed by atoms with van der Waals surface area (Å²) in [6, 6.07) is 0.332. The van der Waals surface area contributed by atoms with E-state index in [4.69, 9.17) is 0 Å². The first kappa shape index (κ1) is 17.3. The van der Waals surface area contributed by atoms with Crippen LogP contribution in [0.2, 0.25) is 0 Å². The molecule has 3 rings (SSSR count). The summed E-state index contributed by atoms with van der Waals surface area (Å²) in [7, 11) is 0. The molecule has 24 heavy (non-hydrogen) atoms. The maximum atomic E-state index is 12.8. The molecule has 0 aliphatic carbocycles. The molecule has 2 aliphatic heterocycles. The molecule has 7 heteroatoms. The fourth-order valence-corrected chi connectivity index (χ4v) is 4.31. The van der Waals surface area contributed by atoms with Gasteiger partial charge in [0.05, 0.1) is 0 Å². The first-order valence-electron chi connectivity index (χ1n) is 9.45. The van der Waals surface area contributed by atoms with Gasteiger partial charge in [0.25, 0.3) is 0 Å². The molecule has 0 aromatic carbocycles. The van der Waals surface area contributed by atoms with E-state index in [0.717, 1.165) is 13.0 Å².